The van der Waals surface area contributed by atoms with Crippen LogP contribution in [0.4, 0.5) is 5.69 Å². The zero-order valence-corrected chi connectivity index (χ0v) is 11.7. The van der Waals surface area contributed by atoms with E-state index in [1.165, 1.54) is 32.1 Å². The highest BCUT2D eigenvalue weighted by Gasteiger charge is 2.17. The van der Waals surface area contributed by atoms with Crippen molar-refractivity contribution in [3.63, 3.8) is 0 Å². The Morgan fingerprint density at radius 2 is 2.00 bits per heavy atom. The number of carbonyl (C=O) groups is 1. The molecule has 0 atom stereocenters. The maximum atomic E-state index is 12.1. The van der Waals surface area contributed by atoms with E-state index in [4.69, 9.17) is 4.74 Å². The second kappa shape index (κ2) is 7.17. The fourth-order valence-electron chi connectivity index (χ4n) is 2.71. The largest absolute Gasteiger partial charge is 0.492 e. The summed E-state index contributed by atoms with van der Waals surface area (Å²) >= 11 is 0. The van der Waals surface area contributed by atoms with Gasteiger partial charge in [-0.3, -0.25) is 4.79 Å². The third-order valence-corrected chi connectivity index (χ3v) is 3.66. The van der Waals surface area contributed by atoms with Crippen molar-refractivity contribution in [2.45, 2.75) is 45.4 Å². The van der Waals surface area contributed by atoms with Gasteiger partial charge in [0.25, 0.3) is 0 Å². The average Bonchev–Trinajstić information content (AvgIpc) is 2.42. The van der Waals surface area contributed by atoms with Crippen LogP contribution in [0.3, 0.4) is 0 Å². The predicted molar refractivity (Wildman–Crippen MR) is 77.4 cm³/mol. The molecule has 3 heteroatoms. The van der Waals surface area contributed by atoms with Crippen molar-refractivity contribution in [3.8, 4) is 5.75 Å². The minimum absolute atomic E-state index is 0.110. The molecule has 104 valence electrons. The van der Waals surface area contributed by atoms with Crippen molar-refractivity contribution in [1.29, 1.82) is 0 Å². The van der Waals surface area contributed by atoms with Crippen LogP contribution in [0.5, 0.6) is 5.75 Å². The van der Waals surface area contributed by atoms with Gasteiger partial charge in [0, 0.05) is 6.42 Å². The zero-order chi connectivity index (χ0) is 13.5. The molecule has 1 saturated carbocycles. The van der Waals surface area contributed by atoms with Gasteiger partial charge in [0.05, 0.1) is 12.3 Å². The van der Waals surface area contributed by atoms with E-state index in [1.54, 1.807) is 0 Å². The first-order valence-electron chi connectivity index (χ1n) is 7.31. The lowest BCUT2D eigenvalue weighted by Gasteiger charge is -2.21. The predicted octanol–water partition coefficient (Wildman–Crippen LogP) is 3.99. The van der Waals surface area contributed by atoms with Gasteiger partial charge in [-0.05, 0) is 37.8 Å². The van der Waals surface area contributed by atoms with Gasteiger partial charge in [0.15, 0.2) is 0 Å². The van der Waals surface area contributed by atoms with Gasteiger partial charge in [-0.15, -0.1) is 0 Å². The van der Waals surface area contributed by atoms with Crippen LogP contribution in [0, 0.1) is 5.92 Å². The summed E-state index contributed by atoms with van der Waals surface area (Å²) in [6.45, 7) is 2.55. The van der Waals surface area contributed by atoms with Crippen LogP contribution in [0.25, 0.3) is 0 Å². The molecule has 1 fully saturated rings. The molecule has 1 aromatic carbocycles. The maximum Gasteiger partial charge on any atom is 0.224 e. The Morgan fingerprint density at radius 3 is 2.74 bits per heavy atom. The van der Waals surface area contributed by atoms with Gasteiger partial charge >= 0.3 is 0 Å². The van der Waals surface area contributed by atoms with Crippen LogP contribution in [-0.4, -0.2) is 12.5 Å². The summed E-state index contributed by atoms with van der Waals surface area (Å²) in [5.74, 6) is 1.43. The molecule has 1 N–H and O–H groups in total. The topological polar surface area (TPSA) is 38.3 Å². The normalized spacial score (nSPS) is 16.1. The third kappa shape index (κ3) is 4.27. The third-order valence-electron chi connectivity index (χ3n) is 3.66. The number of carbonyl (C=O) groups excluding carboxylic acids is 1. The highest BCUT2D eigenvalue weighted by molar-refractivity contribution is 5.92. The fraction of sp³-hybridized carbons (Fsp3) is 0.562. The van der Waals surface area contributed by atoms with Crippen LogP contribution < -0.4 is 10.1 Å². The van der Waals surface area contributed by atoms with Crippen molar-refractivity contribution in [2.24, 2.45) is 5.92 Å². The van der Waals surface area contributed by atoms with Crippen LogP contribution >= 0.6 is 0 Å². The summed E-state index contributed by atoms with van der Waals surface area (Å²) < 4.78 is 5.51. The fourth-order valence-corrected chi connectivity index (χ4v) is 2.71. The van der Waals surface area contributed by atoms with Crippen molar-refractivity contribution >= 4 is 11.6 Å². The van der Waals surface area contributed by atoms with Crippen LogP contribution in [-0.2, 0) is 4.79 Å². The van der Waals surface area contributed by atoms with Gasteiger partial charge in [-0.1, -0.05) is 31.4 Å². The van der Waals surface area contributed by atoms with E-state index in [1.807, 2.05) is 31.2 Å². The molecule has 0 spiro atoms. The molecule has 3 nitrogen and oxygen atoms in total. The summed E-state index contributed by atoms with van der Waals surface area (Å²) in [6, 6.07) is 7.62. The maximum absolute atomic E-state index is 12.1. The molecule has 2 rings (SSSR count). The first kappa shape index (κ1) is 13.9. The minimum Gasteiger partial charge on any atom is -0.492 e. The highest BCUT2D eigenvalue weighted by Crippen LogP contribution is 2.28. The standard InChI is InChI=1S/C16H23NO2/c1-2-19-15-11-7-6-10-14(15)17-16(18)12-13-8-4-3-5-9-13/h6-7,10-11,13H,2-5,8-9,12H2,1H3,(H,17,18). The Hall–Kier alpha value is -1.51. The Balaban J connectivity index is 1.90. The molecule has 0 aliphatic heterocycles. The first-order chi connectivity index (χ1) is 9.29. The van der Waals surface area contributed by atoms with Gasteiger partial charge in [-0.25, -0.2) is 0 Å². The van der Waals surface area contributed by atoms with E-state index in [0.29, 0.717) is 18.9 Å². The summed E-state index contributed by atoms with van der Waals surface area (Å²) in [4.78, 5) is 12.1. The van der Waals surface area contributed by atoms with Gasteiger partial charge in [0.1, 0.15) is 5.75 Å². The van der Waals surface area contributed by atoms with Crippen molar-refractivity contribution in [3.05, 3.63) is 24.3 Å². The molecule has 0 aromatic heterocycles. The van der Waals surface area contributed by atoms with Gasteiger partial charge < -0.3 is 10.1 Å². The van der Waals surface area contributed by atoms with Crippen molar-refractivity contribution < 1.29 is 9.53 Å². The van der Waals surface area contributed by atoms with Crippen LogP contribution in [0.1, 0.15) is 45.4 Å². The lowest BCUT2D eigenvalue weighted by molar-refractivity contribution is -0.117. The SMILES string of the molecule is CCOc1ccccc1NC(=O)CC1CCCCC1. The number of hydrogen-bond donors (Lipinski definition) is 1. The molecule has 19 heavy (non-hydrogen) atoms. The molecule has 0 unspecified atom stereocenters. The number of amides is 1. The Kier molecular flexibility index (Phi) is 5.25. The number of hydrogen-bond acceptors (Lipinski definition) is 2. The molecule has 1 aliphatic rings. The lowest BCUT2D eigenvalue weighted by atomic mass is 9.87. The van der Waals surface area contributed by atoms with E-state index in [2.05, 4.69) is 5.32 Å². The number of rotatable bonds is 5. The highest BCUT2D eigenvalue weighted by atomic mass is 16.5. The second-order valence-corrected chi connectivity index (χ2v) is 5.19. The zero-order valence-electron chi connectivity index (χ0n) is 11.7. The molecule has 0 saturated heterocycles. The smallest absolute Gasteiger partial charge is 0.224 e. The Bertz CT molecular complexity index is 411. The summed E-state index contributed by atoms with van der Waals surface area (Å²) in [5, 5.41) is 2.98. The molecule has 1 aromatic rings. The van der Waals surface area contributed by atoms with E-state index in [9.17, 15) is 4.79 Å². The second-order valence-electron chi connectivity index (χ2n) is 5.19. The number of anilines is 1. The molecule has 0 bridgehead atoms. The number of benzene rings is 1. The Morgan fingerprint density at radius 1 is 1.26 bits per heavy atom. The molecule has 1 amide bonds. The summed E-state index contributed by atoms with van der Waals surface area (Å²) in [6.07, 6.45) is 6.90. The van der Waals surface area contributed by atoms with E-state index >= 15 is 0 Å². The quantitative estimate of drug-likeness (QED) is 0.870. The summed E-state index contributed by atoms with van der Waals surface area (Å²) in [5.41, 5.74) is 0.783. The van der Waals surface area contributed by atoms with Gasteiger partial charge in [-0.2, -0.15) is 0 Å². The van der Waals surface area contributed by atoms with Crippen molar-refractivity contribution in [1.82, 2.24) is 0 Å². The lowest BCUT2D eigenvalue weighted by Crippen LogP contribution is -2.18. The number of ether oxygens (including phenoxy) is 1. The van der Waals surface area contributed by atoms with Crippen molar-refractivity contribution in [2.75, 3.05) is 11.9 Å². The molecule has 0 radical (unpaired) electrons. The van der Waals surface area contributed by atoms with E-state index < -0.39 is 0 Å². The van der Waals surface area contributed by atoms with Crippen LogP contribution in [0.2, 0.25) is 0 Å². The van der Waals surface area contributed by atoms with Gasteiger partial charge in [0.2, 0.25) is 5.91 Å². The monoisotopic (exact) mass is 261 g/mol. The molecule has 0 heterocycles. The summed E-state index contributed by atoms with van der Waals surface area (Å²) in [7, 11) is 0. The van der Waals surface area contributed by atoms with E-state index in [0.717, 1.165) is 11.4 Å². The van der Waals surface area contributed by atoms with E-state index in [-0.39, 0.29) is 5.91 Å². The average molecular weight is 261 g/mol. The number of para-hydroxylation sites is 2. The Labute approximate surface area is 115 Å². The minimum atomic E-state index is 0.110. The molecular weight excluding hydrogens is 238 g/mol. The van der Waals surface area contributed by atoms with Crippen LogP contribution in [0.15, 0.2) is 24.3 Å². The molecule has 1 aliphatic carbocycles. The molecular formula is C16H23NO2. The first-order valence-corrected chi connectivity index (χ1v) is 7.31. The number of nitrogens with one attached hydrogen (secondary N) is 1.